The number of benzene rings is 1. The Bertz CT molecular complexity index is 502. The average Bonchev–Trinajstić information content (AvgIpc) is 2.36. The number of ether oxygens (including phenoxy) is 2. The van der Waals surface area contributed by atoms with E-state index < -0.39 is 24.3 Å². The largest absolute Gasteiger partial charge is 0.457 e. The van der Waals surface area contributed by atoms with Gasteiger partial charge in [-0.05, 0) is 11.6 Å². The van der Waals surface area contributed by atoms with Crippen LogP contribution in [-0.2, 0) is 23.9 Å². The third kappa shape index (κ3) is 5.63. The molecule has 100 valence electrons. The molecule has 0 amide bonds. The van der Waals surface area contributed by atoms with E-state index in [1.54, 1.807) is 24.3 Å². The first-order valence-electron chi connectivity index (χ1n) is 5.61. The number of hydrogen-bond acceptors (Lipinski definition) is 5. The Morgan fingerprint density at radius 3 is 2.21 bits per heavy atom. The lowest BCUT2D eigenvalue weighted by molar-refractivity contribution is -0.147. The van der Waals surface area contributed by atoms with Crippen molar-refractivity contribution in [3.63, 3.8) is 0 Å². The van der Waals surface area contributed by atoms with E-state index in [1.807, 2.05) is 6.07 Å². The Labute approximate surface area is 110 Å². The van der Waals surface area contributed by atoms with Crippen LogP contribution in [0.15, 0.2) is 36.1 Å². The molecule has 0 atom stereocenters. The number of carbonyl (C=O) groups is 3. The monoisotopic (exact) mass is 262 g/mol. The molecule has 0 aliphatic heterocycles. The van der Waals surface area contributed by atoms with E-state index >= 15 is 0 Å². The second-order valence-electron chi connectivity index (χ2n) is 3.72. The maximum absolute atomic E-state index is 11.8. The topological polar surface area (TPSA) is 69.7 Å². The van der Waals surface area contributed by atoms with Crippen LogP contribution in [0.1, 0.15) is 19.4 Å². The summed E-state index contributed by atoms with van der Waals surface area (Å²) in [6.07, 6.45) is 1.42. The van der Waals surface area contributed by atoms with E-state index in [-0.39, 0.29) is 5.76 Å². The second-order valence-corrected chi connectivity index (χ2v) is 3.72. The minimum absolute atomic E-state index is 0.153. The van der Waals surface area contributed by atoms with E-state index in [4.69, 9.17) is 4.74 Å². The number of esters is 2. The highest BCUT2D eigenvalue weighted by Crippen LogP contribution is 2.09. The minimum atomic E-state index is -0.613. The molecule has 1 aromatic carbocycles. The van der Waals surface area contributed by atoms with Gasteiger partial charge in [0.2, 0.25) is 5.78 Å². The van der Waals surface area contributed by atoms with Gasteiger partial charge in [-0.3, -0.25) is 14.4 Å². The molecule has 0 aliphatic rings. The van der Waals surface area contributed by atoms with Crippen LogP contribution in [0.5, 0.6) is 0 Å². The number of Topliss-reactive ketones (excluding diaryl/α,β-unsaturated/α-hetero) is 1. The zero-order valence-electron chi connectivity index (χ0n) is 10.7. The van der Waals surface area contributed by atoms with Crippen molar-refractivity contribution in [1.82, 2.24) is 0 Å². The minimum Gasteiger partial charge on any atom is -0.457 e. The molecule has 0 aromatic heterocycles. The average molecular weight is 262 g/mol. The van der Waals surface area contributed by atoms with Gasteiger partial charge >= 0.3 is 11.9 Å². The zero-order valence-corrected chi connectivity index (χ0v) is 10.7. The van der Waals surface area contributed by atoms with Crippen LogP contribution < -0.4 is 0 Å². The van der Waals surface area contributed by atoms with Crippen LogP contribution in [0.4, 0.5) is 0 Å². The highest BCUT2D eigenvalue weighted by atomic mass is 16.6. The summed E-state index contributed by atoms with van der Waals surface area (Å²) in [5, 5.41) is 0. The first kappa shape index (κ1) is 14.6. The molecule has 0 radical (unpaired) electrons. The van der Waals surface area contributed by atoms with Gasteiger partial charge in [0.15, 0.2) is 12.4 Å². The fourth-order valence-corrected chi connectivity index (χ4v) is 1.26. The van der Waals surface area contributed by atoms with Gasteiger partial charge < -0.3 is 9.47 Å². The molecule has 0 heterocycles. The van der Waals surface area contributed by atoms with Crippen LogP contribution in [0.25, 0.3) is 6.08 Å². The molecule has 0 saturated heterocycles. The summed E-state index contributed by atoms with van der Waals surface area (Å²) in [6.45, 7) is 1.93. The molecule has 5 nitrogen and oxygen atoms in total. The predicted molar refractivity (Wildman–Crippen MR) is 67.8 cm³/mol. The Morgan fingerprint density at radius 1 is 1.05 bits per heavy atom. The normalized spacial score (nSPS) is 10.7. The van der Waals surface area contributed by atoms with E-state index in [2.05, 4.69) is 4.74 Å². The summed E-state index contributed by atoms with van der Waals surface area (Å²) in [5.41, 5.74) is 0.704. The standard InChI is InChI=1S/C14H14O5/c1-10(15)18-9-13(17)14(19-11(2)16)8-12-6-4-3-5-7-12/h3-8H,9H2,1-2H3/b14-8+. The van der Waals surface area contributed by atoms with E-state index in [1.165, 1.54) is 19.9 Å². The maximum Gasteiger partial charge on any atom is 0.308 e. The zero-order chi connectivity index (χ0) is 14.3. The molecular formula is C14H14O5. The van der Waals surface area contributed by atoms with Crippen molar-refractivity contribution in [3.05, 3.63) is 41.7 Å². The lowest BCUT2D eigenvalue weighted by Crippen LogP contribution is -2.17. The lowest BCUT2D eigenvalue weighted by atomic mass is 10.2. The smallest absolute Gasteiger partial charge is 0.308 e. The first-order chi connectivity index (χ1) is 8.99. The highest BCUT2D eigenvalue weighted by Gasteiger charge is 2.15. The van der Waals surface area contributed by atoms with Crippen LogP contribution in [-0.4, -0.2) is 24.3 Å². The molecule has 0 N–H and O–H groups in total. The first-order valence-corrected chi connectivity index (χ1v) is 5.61. The molecule has 5 heteroatoms. The molecule has 1 rings (SSSR count). The van der Waals surface area contributed by atoms with E-state index in [9.17, 15) is 14.4 Å². The van der Waals surface area contributed by atoms with Crippen molar-refractivity contribution < 1.29 is 23.9 Å². The van der Waals surface area contributed by atoms with Gasteiger partial charge in [0.05, 0.1) is 0 Å². The number of carbonyl (C=O) groups excluding carboxylic acids is 3. The van der Waals surface area contributed by atoms with Gasteiger partial charge in [-0.2, -0.15) is 0 Å². The van der Waals surface area contributed by atoms with Gasteiger partial charge in [0.25, 0.3) is 0 Å². The highest BCUT2D eigenvalue weighted by molar-refractivity contribution is 6.00. The maximum atomic E-state index is 11.8. The van der Waals surface area contributed by atoms with E-state index in [0.29, 0.717) is 5.56 Å². The van der Waals surface area contributed by atoms with Crippen LogP contribution in [0.2, 0.25) is 0 Å². The quantitative estimate of drug-likeness (QED) is 0.459. The summed E-state index contributed by atoms with van der Waals surface area (Å²) >= 11 is 0. The molecular weight excluding hydrogens is 248 g/mol. The van der Waals surface area contributed by atoms with Crippen molar-refractivity contribution in [2.75, 3.05) is 6.61 Å². The number of hydrogen-bond donors (Lipinski definition) is 0. The molecule has 0 saturated carbocycles. The lowest BCUT2D eigenvalue weighted by Gasteiger charge is -2.06. The van der Waals surface area contributed by atoms with Crippen molar-refractivity contribution in [2.45, 2.75) is 13.8 Å². The molecule has 0 spiro atoms. The van der Waals surface area contributed by atoms with Gasteiger partial charge in [-0.1, -0.05) is 30.3 Å². The molecule has 1 aromatic rings. The molecule has 0 bridgehead atoms. The molecule has 0 aliphatic carbocycles. The summed E-state index contributed by atoms with van der Waals surface area (Å²) in [5.74, 6) is -1.91. The predicted octanol–water partition coefficient (Wildman–Crippen LogP) is 1.72. The van der Waals surface area contributed by atoms with Crippen molar-refractivity contribution >= 4 is 23.8 Å². The third-order valence-electron chi connectivity index (χ3n) is 2.03. The van der Waals surface area contributed by atoms with Gasteiger partial charge in [-0.25, -0.2) is 0 Å². The van der Waals surface area contributed by atoms with Crippen LogP contribution in [0.3, 0.4) is 0 Å². The van der Waals surface area contributed by atoms with E-state index in [0.717, 1.165) is 0 Å². The van der Waals surface area contributed by atoms with Gasteiger partial charge in [0, 0.05) is 13.8 Å². The summed E-state index contributed by atoms with van der Waals surface area (Å²) in [6, 6.07) is 8.90. The van der Waals surface area contributed by atoms with Gasteiger partial charge in [-0.15, -0.1) is 0 Å². The second kappa shape index (κ2) is 7.10. The number of rotatable bonds is 5. The molecule has 0 fully saturated rings. The van der Waals surface area contributed by atoms with Crippen LogP contribution in [0, 0.1) is 0 Å². The summed E-state index contributed by atoms with van der Waals surface area (Å²) in [4.78, 5) is 33.4. The Morgan fingerprint density at radius 2 is 1.68 bits per heavy atom. The summed E-state index contributed by atoms with van der Waals surface area (Å²) < 4.78 is 9.41. The van der Waals surface area contributed by atoms with Crippen molar-refractivity contribution in [1.29, 1.82) is 0 Å². The fraction of sp³-hybridized carbons (Fsp3) is 0.214. The Kier molecular flexibility index (Phi) is 5.47. The number of ketones is 1. The van der Waals surface area contributed by atoms with Gasteiger partial charge in [0.1, 0.15) is 0 Å². The summed E-state index contributed by atoms with van der Waals surface area (Å²) in [7, 11) is 0. The SMILES string of the molecule is CC(=O)OCC(=O)/C(=C\c1ccccc1)OC(C)=O. The Balaban J connectivity index is 2.88. The van der Waals surface area contributed by atoms with Crippen LogP contribution >= 0.6 is 0 Å². The van der Waals surface area contributed by atoms with Crippen molar-refractivity contribution in [3.8, 4) is 0 Å². The fourth-order valence-electron chi connectivity index (χ4n) is 1.26. The Hall–Kier alpha value is -2.43. The molecule has 0 unspecified atom stereocenters. The third-order valence-corrected chi connectivity index (χ3v) is 2.03. The van der Waals surface area contributed by atoms with Crippen molar-refractivity contribution in [2.24, 2.45) is 0 Å². The molecule has 19 heavy (non-hydrogen) atoms.